The van der Waals surface area contributed by atoms with E-state index in [1.54, 1.807) is 4.90 Å². The Morgan fingerprint density at radius 2 is 1.82 bits per heavy atom. The fraction of sp³-hybridized carbons (Fsp3) is 0.286. The number of hydrogen-bond acceptors (Lipinski definition) is 7. The predicted octanol–water partition coefficient (Wildman–Crippen LogP) is 2.68. The Kier molecular flexibility index (Phi) is 5.96. The van der Waals surface area contributed by atoms with Crippen LogP contribution in [0.5, 0.6) is 0 Å². The molecule has 0 aliphatic carbocycles. The van der Waals surface area contributed by atoms with Crippen molar-refractivity contribution in [3.8, 4) is 0 Å². The van der Waals surface area contributed by atoms with Crippen molar-refractivity contribution in [3.63, 3.8) is 0 Å². The summed E-state index contributed by atoms with van der Waals surface area (Å²) < 4.78 is 45.0. The minimum Gasteiger partial charge on any atom is -0.378 e. The molecule has 13 heteroatoms. The van der Waals surface area contributed by atoms with Crippen molar-refractivity contribution in [1.82, 2.24) is 4.90 Å². The first-order valence-corrected chi connectivity index (χ1v) is 10.1. The number of amides is 3. The highest BCUT2D eigenvalue weighted by atomic mass is 19.4. The maximum absolute atomic E-state index is 13.3. The molecule has 0 bridgehead atoms. The van der Waals surface area contributed by atoms with Crippen molar-refractivity contribution in [2.45, 2.75) is 6.18 Å². The molecule has 2 aromatic carbocycles. The molecule has 0 aromatic heterocycles. The second-order valence-electron chi connectivity index (χ2n) is 7.53. The summed E-state index contributed by atoms with van der Waals surface area (Å²) in [5, 5.41) is 13.6. The topological polar surface area (TPSA) is 122 Å². The van der Waals surface area contributed by atoms with Crippen LogP contribution >= 0.6 is 0 Å². The molecule has 1 N–H and O–H groups in total. The van der Waals surface area contributed by atoms with Gasteiger partial charge in [-0.25, -0.2) is 0 Å². The van der Waals surface area contributed by atoms with Crippen molar-refractivity contribution in [3.05, 3.63) is 63.2 Å². The molecule has 0 atom stereocenters. The van der Waals surface area contributed by atoms with Gasteiger partial charge in [0.25, 0.3) is 17.5 Å². The number of fused-ring (bicyclic) bond motifs is 1. The monoisotopic (exact) mass is 478 g/mol. The summed E-state index contributed by atoms with van der Waals surface area (Å²) in [7, 11) is 0. The van der Waals surface area contributed by atoms with Crippen LogP contribution in [0.15, 0.2) is 36.4 Å². The van der Waals surface area contributed by atoms with E-state index in [0.717, 1.165) is 18.2 Å². The van der Waals surface area contributed by atoms with Crippen LogP contribution in [0, 0.1) is 10.1 Å². The van der Waals surface area contributed by atoms with Crippen LogP contribution < -0.4 is 10.2 Å². The summed E-state index contributed by atoms with van der Waals surface area (Å²) in [5.41, 5.74) is -2.05. The number of imide groups is 1. The minimum absolute atomic E-state index is 0.149. The molecule has 0 unspecified atom stereocenters. The quantitative estimate of drug-likeness (QED) is 0.398. The van der Waals surface area contributed by atoms with E-state index >= 15 is 0 Å². The largest absolute Gasteiger partial charge is 0.416 e. The number of nitro groups is 1. The van der Waals surface area contributed by atoms with Gasteiger partial charge >= 0.3 is 6.18 Å². The lowest BCUT2D eigenvalue weighted by molar-refractivity contribution is -0.385. The molecule has 2 aromatic rings. The minimum atomic E-state index is -4.66. The smallest absolute Gasteiger partial charge is 0.378 e. The highest BCUT2D eigenvalue weighted by Gasteiger charge is 2.42. The molecular weight excluding hydrogens is 461 g/mol. The van der Waals surface area contributed by atoms with E-state index in [4.69, 9.17) is 4.74 Å². The maximum Gasteiger partial charge on any atom is 0.416 e. The van der Waals surface area contributed by atoms with Gasteiger partial charge in [0, 0.05) is 19.2 Å². The lowest BCUT2D eigenvalue weighted by atomic mass is 10.1. The summed E-state index contributed by atoms with van der Waals surface area (Å²) in [6.45, 7) is 0.638. The van der Waals surface area contributed by atoms with E-state index in [2.05, 4.69) is 5.32 Å². The molecule has 0 radical (unpaired) electrons. The first-order valence-electron chi connectivity index (χ1n) is 10.1. The highest BCUT2D eigenvalue weighted by molar-refractivity contribution is 6.24. The second kappa shape index (κ2) is 8.74. The number of carbonyl (C=O) groups is 3. The SMILES string of the molecule is O=C(CN1C(=O)c2cccc([N+](=O)[O-])c2C1=O)Nc1cc(C(F)(F)F)ccc1N1CCOCC1. The molecule has 0 spiro atoms. The third kappa shape index (κ3) is 4.29. The van der Waals surface area contributed by atoms with Crippen LogP contribution in [0.4, 0.5) is 30.2 Å². The molecule has 2 aliphatic heterocycles. The number of hydrogen-bond donors (Lipinski definition) is 1. The number of rotatable bonds is 5. The zero-order chi connectivity index (χ0) is 24.6. The maximum atomic E-state index is 13.3. The van der Waals surface area contributed by atoms with Gasteiger partial charge in [0.05, 0.1) is 40.6 Å². The van der Waals surface area contributed by atoms with Crippen molar-refractivity contribution in [2.75, 3.05) is 43.1 Å². The number of nitrogens with one attached hydrogen (secondary N) is 1. The highest BCUT2D eigenvalue weighted by Crippen LogP contribution is 2.36. The number of morpholine rings is 1. The van der Waals surface area contributed by atoms with E-state index in [1.807, 2.05) is 0 Å². The van der Waals surface area contributed by atoms with E-state index in [0.29, 0.717) is 36.9 Å². The van der Waals surface area contributed by atoms with Gasteiger partial charge in [0.15, 0.2) is 0 Å². The lowest BCUT2D eigenvalue weighted by Crippen LogP contribution is -2.39. The van der Waals surface area contributed by atoms with E-state index in [9.17, 15) is 37.7 Å². The van der Waals surface area contributed by atoms with Crippen molar-refractivity contribution < 1.29 is 37.2 Å². The van der Waals surface area contributed by atoms with E-state index in [1.165, 1.54) is 18.2 Å². The summed E-state index contributed by atoms with van der Waals surface area (Å²) >= 11 is 0. The Morgan fingerprint density at radius 3 is 2.47 bits per heavy atom. The van der Waals surface area contributed by atoms with E-state index < -0.39 is 52.2 Å². The number of ether oxygens (including phenoxy) is 1. The van der Waals surface area contributed by atoms with Crippen LogP contribution in [0.1, 0.15) is 26.3 Å². The van der Waals surface area contributed by atoms with Crippen LogP contribution in [-0.4, -0.2) is 60.4 Å². The predicted molar refractivity (Wildman–Crippen MR) is 112 cm³/mol. The number of nitrogens with zero attached hydrogens (tertiary/aromatic N) is 3. The summed E-state index contributed by atoms with van der Waals surface area (Å²) in [5.74, 6) is -2.87. The van der Waals surface area contributed by atoms with Gasteiger partial charge in [0.2, 0.25) is 5.91 Å². The number of benzene rings is 2. The van der Waals surface area contributed by atoms with Crippen molar-refractivity contribution in [1.29, 1.82) is 0 Å². The normalized spacial score (nSPS) is 16.0. The van der Waals surface area contributed by atoms with Gasteiger partial charge in [0.1, 0.15) is 12.1 Å². The van der Waals surface area contributed by atoms with Crippen molar-refractivity contribution in [2.24, 2.45) is 0 Å². The van der Waals surface area contributed by atoms with Gasteiger partial charge < -0.3 is 15.0 Å². The molecule has 2 heterocycles. The fourth-order valence-electron chi connectivity index (χ4n) is 3.84. The zero-order valence-corrected chi connectivity index (χ0v) is 17.4. The zero-order valence-electron chi connectivity index (χ0n) is 17.4. The molecule has 34 heavy (non-hydrogen) atoms. The molecule has 2 aliphatic rings. The molecule has 1 fully saturated rings. The average molecular weight is 478 g/mol. The van der Waals surface area contributed by atoms with Gasteiger partial charge in [-0.15, -0.1) is 0 Å². The molecule has 3 amide bonds. The van der Waals surface area contributed by atoms with Gasteiger partial charge in [-0.2, -0.15) is 13.2 Å². The number of halogens is 3. The molecule has 10 nitrogen and oxygen atoms in total. The average Bonchev–Trinajstić information content (AvgIpc) is 3.03. The standard InChI is InChI=1S/C21H17F3N4O6/c22-21(23,24)12-4-5-15(26-6-8-34-9-7-26)14(10-12)25-17(29)11-27-19(30)13-2-1-3-16(28(32)33)18(13)20(27)31/h1-5,10H,6-9,11H2,(H,25,29). The third-order valence-electron chi connectivity index (χ3n) is 5.43. The van der Waals surface area contributed by atoms with Crippen LogP contribution in [0.2, 0.25) is 0 Å². The summed E-state index contributed by atoms with van der Waals surface area (Å²) in [4.78, 5) is 50.7. The van der Waals surface area contributed by atoms with E-state index in [-0.39, 0.29) is 11.3 Å². The molecular formula is C21H17F3N4O6. The van der Waals surface area contributed by atoms with Gasteiger partial charge in [-0.3, -0.25) is 29.4 Å². The van der Waals surface area contributed by atoms with Gasteiger partial charge in [-0.05, 0) is 24.3 Å². The van der Waals surface area contributed by atoms with Crippen LogP contribution in [-0.2, 0) is 15.7 Å². The Balaban J connectivity index is 1.59. The number of anilines is 2. The molecule has 4 rings (SSSR count). The van der Waals surface area contributed by atoms with Crippen LogP contribution in [0.3, 0.4) is 0 Å². The summed E-state index contributed by atoms with van der Waals surface area (Å²) in [6.07, 6.45) is -4.66. The lowest BCUT2D eigenvalue weighted by Gasteiger charge is -2.31. The fourth-order valence-corrected chi connectivity index (χ4v) is 3.84. The Morgan fingerprint density at radius 1 is 1.12 bits per heavy atom. The molecule has 1 saturated heterocycles. The first-order chi connectivity index (χ1) is 16.1. The second-order valence-corrected chi connectivity index (χ2v) is 7.53. The number of carbonyl (C=O) groups excluding carboxylic acids is 3. The third-order valence-corrected chi connectivity index (χ3v) is 5.43. The summed E-state index contributed by atoms with van der Waals surface area (Å²) in [6, 6.07) is 6.42. The molecule has 0 saturated carbocycles. The first kappa shape index (κ1) is 23.2. The number of alkyl halides is 3. The molecule has 178 valence electrons. The Labute approximate surface area is 190 Å². The van der Waals surface area contributed by atoms with Crippen LogP contribution in [0.25, 0.3) is 0 Å². The number of nitro benzene ring substituents is 1. The van der Waals surface area contributed by atoms with Gasteiger partial charge in [-0.1, -0.05) is 6.07 Å². The van der Waals surface area contributed by atoms with Crippen molar-refractivity contribution >= 4 is 34.8 Å². The Bertz CT molecular complexity index is 1190. The Hall–Kier alpha value is -4.00.